The Hall–Kier alpha value is -3.65. The Morgan fingerprint density at radius 2 is 1.89 bits per heavy atom. The summed E-state index contributed by atoms with van der Waals surface area (Å²) >= 11 is 0.821. The van der Waals surface area contributed by atoms with E-state index in [1.54, 1.807) is 0 Å². The van der Waals surface area contributed by atoms with E-state index in [9.17, 15) is 31.6 Å². The highest BCUT2D eigenvalue weighted by Crippen LogP contribution is 2.35. The van der Waals surface area contributed by atoms with Crippen LogP contribution in [0.15, 0.2) is 30.3 Å². The number of sulfone groups is 1. The van der Waals surface area contributed by atoms with Crippen LogP contribution in [0.5, 0.6) is 0 Å². The van der Waals surface area contributed by atoms with Crippen LogP contribution in [0.25, 0.3) is 21.3 Å². The number of nitrogens with one attached hydrogen (secondary N) is 3. The molecule has 0 radical (unpaired) electrons. The number of rotatable bonds is 8. The maximum Gasteiger partial charge on any atom is 0.411 e. The molecule has 196 valence electrons. The van der Waals surface area contributed by atoms with Crippen molar-refractivity contribution in [3.8, 4) is 11.1 Å². The maximum absolute atomic E-state index is 14.9. The Morgan fingerprint density at radius 3 is 2.51 bits per heavy atom. The maximum atomic E-state index is 14.9. The molecule has 3 aromatic rings. The Morgan fingerprint density at radius 1 is 1.16 bits per heavy atom. The quantitative estimate of drug-likeness (QED) is 0.390. The zero-order valence-corrected chi connectivity index (χ0v) is 21.3. The van der Waals surface area contributed by atoms with Gasteiger partial charge in [-0.1, -0.05) is 6.07 Å². The number of halogens is 2. The fourth-order valence-electron chi connectivity index (χ4n) is 3.50. The molecule has 4 rings (SSSR count). The van der Waals surface area contributed by atoms with E-state index in [2.05, 4.69) is 25.7 Å². The van der Waals surface area contributed by atoms with Gasteiger partial charge in [0.05, 0.1) is 29.6 Å². The first kappa shape index (κ1) is 26.4. The van der Waals surface area contributed by atoms with Gasteiger partial charge in [-0.25, -0.2) is 27.0 Å². The van der Waals surface area contributed by atoms with Gasteiger partial charge < -0.3 is 15.4 Å². The van der Waals surface area contributed by atoms with Gasteiger partial charge in [-0.15, -0.1) is 11.3 Å². The minimum atomic E-state index is -4.00. The van der Waals surface area contributed by atoms with Crippen LogP contribution in [0, 0.1) is 11.6 Å². The van der Waals surface area contributed by atoms with Crippen molar-refractivity contribution in [2.45, 2.75) is 24.1 Å². The van der Waals surface area contributed by atoms with E-state index in [-0.39, 0.29) is 38.1 Å². The molecular formula is C23H22F2N4O6S2. The molecule has 37 heavy (non-hydrogen) atoms. The molecule has 0 bridgehead atoms. The number of aromatic nitrogens is 1. The van der Waals surface area contributed by atoms with Crippen molar-refractivity contribution in [3.63, 3.8) is 0 Å². The van der Waals surface area contributed by atoms with Crippen LogP contribution in [-0.4, -0.2) is 57.3 Å². The molecule has 1 saturated carbocycles. The lowest BCUT2D eigenvalue weighted by Crippen LogP contribution is -2.41. The molecule has 1 fully saturated rings. The Kier molecular flexibility index (Phi) is 7.41. The summed E-state index contributed by atoms with van der Waals surface area (Å²) in [6, 6.07) is 6.14. The third kappa shape index (κ3) is 6.20. The number of nitrogens with zero attached hydrogens (tertiary/aromatic N) is 1. The van der Waals surface area contributed by atoms with Crippen LogP contribution in [-0.2, 0) is 24.2 Å². The van der Waals surface area contributed by atoms with Gasteiger partial charge in [-0.05, 0) is 42.7 Å². The Labute approximate surface area is 214 Å². The molecule has 0 saturated heterocycles. The number of methoxy groups -OCH3 is 1. The van der Waals surface area contributed by atoms with E-state index in [1.807, 2.05) is 0 Å². The van der Waals surface area contributed by atoms with E-state index in [1.165, 1.54) is 18.2 Å². The zero-order chi connectivity index (χ0) is 26.9. The first-order valence-corrected chi connectivity index (χ1v) is 13.7. The lowest BCUT2D eigenvalue weighted by atomic mass is 10.0. The molecule has 1 aliphatic rings. The predicted molar refractivity (Wildman–Crippen MR) is 133 cm³/mol. The Balaban J connectivity index is 1.62. The van der Waals surface area contributed by atoms with E-state index in [0.29, 0.717) is 0 Å². The first-order valence-electron chi connectivity index (χ1n) is 11.0. The van der Waals surface area contributed by atoms with Crippen molar-refractivity contribution in [3.05, 3.63) is 47.0 Å². The molecule has 1 heterocycles. The highest BCUT2D eigenvalue weighted by atomic mass is 32.2. The number of carbonyl (C=O) groups excluding carboxylic acids is 3. The normalized spacial score (nSPS) is 14.2. The summed E-state index contributed by atoms with van der Waals surface area (Å²) in [5.41, 5.74) is 0.147. The van der Waals surface area contributed by atoms with Gasteiger partial charge in [0, 0.05) is 17.9 Å². The van der Waals surface area contributed by atoms with Gasteiger partial charge in [-0.2, -0.15) is 0 Å². The number of hydrogen-bond donors (Lipinski definition) is 3. The summed E-state index contributed by atoms with van der Waals surface area (Å²) in [5, 5.41) is 5.40. The fraction of sp³-hybridized carbons (Fsp3) is 0.304. The molecule has 14 heteroatoms. The SMILES string of the molecule is COC(=O)Nc1ccc(-c2cc3nc(C(C(=O)NCC(=O)NC4CC4)S(C)(=O)=O)sc3cc2F)cc1F. The summed E-state index contributed by atoms with van der Waals surface area (Å²) < 4.78 is 59.0. The molecular weight excluding hydrogens is 530 g/mol. The minimum absolute atomic E-state index is 0.0232. The zero-order valence-electron chi connectivity index (χ0n) is 19.6. The van der Waals surface area contributed by atoms with Crippen molar-refractivity contribution < 1.29 is 36.3 Å². The van der Waals surface area contributed by atoms with E-state index in [0.717, 1.165) is 49.7 Å². The van der Waals surface area contributed by atoms with Crippen LogP contribution in [0.2, 0.25) is 0 Å². The lowest BCUT2D eigenvalue weighted by Gasteiger charge is -2.12. The third-order valence-electron chi connectivity index (χ3n) is 5.45. The van der Waals surface area contributed by atoms with Crippen molar-refractivity contribution in [2.75, 3.05) is 25.2 Å². The summed E-state index contributed by atoms with van der Waals surface area (Å²) in [6.45, 7) is -0.391. The smallest absolute Gasteiger partial charge is 0.411 e. The molecule has 1 atom stereocenters. The van der Waals surface area contributed by atoms with Crippen LogP contribution in [0.1, 0.15) is 23.1 Å². The van der Waals surface area contributed by atoms with Crippen LogP contribution in [0.3, 0.4) is 0 Å². The molecule has 1 aromatic heterocycles. The number of benzene rings is 2. The monoisotopic (exact) mass is 552 g/mol. The van der Waals surface area contributed by atoms with Crippen LogP contribution >= 0.6 is 11.3 Å². The summed E-state index contributed by atoms with van der Waals surface area (Å²) in [5.74, 6) is -2.92. The molecule has 10 nitrogen and oxygen atoms in total. The van der Waals surface area contributed by atoms with Crippen molar-refractivity contribution in [1.82, 2.24) is 15.6 Å². The summed E-state index contributed by atoms with van der Waals surface area (Å²) in [4.78, 5) is 40.2. The van der Waals surface area contributed by atoms with Gasteiger partial charge in [0.25, 0.3) is 0 Å². The van der Waals surface area contributed by atoms with Crippen molar-refractivity contribution >= 4 is 55.0 Å². The summed E-state index contributed by atoms with van der Waals surface area (Å²) in [6.07, 6.45) is 1.71. The van der Waals surface area contributed by atoms with Crippen LogP contribution < -0.4 is 16.0 Å². The molecule has 2 aromatic carbocycles. The molecule has 3 N–H and O–H groups in total. The minimum Gasteiger partial charge on any atom is -0.453 e. The predicted octanol–water partition coefficient (Wildman–Crippen LogP) is 2.90. The molecule has 0 aliphatic heterocycles. The third-order valence-corrected chi connectivity index (χ3v) is 7.98. The van der Waals surface area contributed by atoms with E-state index < -0.39 is 51.2 Å². The molecule has 1 unspecified atom stereocenters. The van der Waals surface area contributed by atoms with Gasteiger partial charge in [0.15, 0.2) is 15.1 Å². The number of ether oxygens (including phenoxy) is 1. The number of thiazole rings is 1. The van der Waals surface area contributed by atoms with Gasteiger partial charge in [0.2, 0.25) is 11.8 Å². The second kappa shape index (κ2) is 10.4. The highest BCUT2D eigenvalue weighted by molar-refractivity contribution is 7.91. The first-order chi connectivity index (χ1) is 17.5. The van der Waals surface area contributed by atoms with E-state index in [4.69, 9.17) is 0 Å². The molecule has 0 spiro atoms. The number of hydrogen-bond acceptors (Lipinski definition) is 8. The molecule has 3 amide bonds. The topological polar surface area (TPSA) is 144 Å². The Bertz CT molecular complexity index is 1500. The molecule has 1 aliphatic carbocycles. The van der Waals surface area contributed by atoms with Crippen molar-refractivity contribution in [2.24, 2.45) is 0 Å². The van der Waals surface area contributed by atoms with Crippen molar-refractivity contribution in [1.29, 1.82) is 0 Å². The second-order valence-electron chi connectivity index (χ2n) is 8.43. The number of carbonyl (C=O) groups is 3. The second-order valence-corrected chi connectivity index (χ2v) is 11.6. The number of amides is 3. The average Bonchev–Trinajstić information content (AvgIpc) is 3.54. The fourth-order valence-corrected chi connectivity index (χ4v) is 6.02. The summed E-state index contributed by atoms with van der Waals surface area (Å²) in [7, 11) is -2.88. The van der Waals surface area contributed by atoms with Gasteiger partial charge in [0.1, 0.15) is 16.6 Å². The van der Waals surface area contributed by atoms with E-state index >= 15 is 0 Å². The standard InChI is InChI=1S/C23H22F2N4O6S2/c1-35-23(32)29-16-6-3-11(7-15(16)25)13-8-17-18(9-14(13)24)36-22(28-17)20(37(2,33)34)21(31)26-10-19(30)27-12-4-5-12/h3,6-9,12,20H,4-5,10H2,1-2H3,(H,26,31)(H,27,30)(H,29,32). The highest BCUT2D eigenvalue weighted by Gasteiger charge is 2.34. The largest absolute Gasteiger partial charge is 0.453 e. The number of anilines is 1. The van der Waals surface area contributed by atoms with Crippen LogP contribution in [0.4, 0.5) is 19.3 Å². The average molecular weight is 553 g/mol. The number of fused-ring (bicyclic) bond motifs is 1. The van der Waals surface area contributed by atoms with Gasteiger partial charge >= 0.3 is 6.09 Å². The lowest BCUT2D eigenvalue weighted by molar-refractivity contribution is -0.126. The van der Waals surface area contributed by atoms with Gasteiger partial charge in [-0.3, -0.25) is 14.9 Å².